The Kier molecular flexibility index (Phi) is 8.97. The topological polar surface area (TPSA) is 59.4 Å². The van der Waals surface area contributed by atoms with Crippen molar-refractivity contribution in [3.63, 3.8) is 0 Å². The minimum absolute atomic E-state index is 0.111. The lowest BCUT2D eigenvalue weighted by Crippen LogP contribution is -2.03. The summed E-state index contributed by atoms with van der Waals surface area (Å²) in [6, 6.07) is 0. The number of ether oxygens (including phenoxy) is 2. The van der Waals surface area contributed by atoms with E-state index in [0.717, 1.165) is 31.8 Å². The van der Waals surface area contributed by atoms with Crippen LogP contribution in [0.2, 0.25) is 0 Å². The quantitative estimate of drug-likeness (QED) is 0.215. The zero-order valence-corrected chi connectivity index (χ0v) is 9.54. The van der Waals surface area contributed by atoms with E-state index in [-0.39, 0.29) is 11.9 Å². The van der Waals surface area contributed by atoms with Crippen molar-refractivity contribution in [3.05, 3.63) is 25.3 Å². The molecule has 0 amide bonds. The van der Waals surface area contributed by atoms with Crippen LogP contribution in [0.25, 0.3) is 0 Å². The molecule has 90 valence electrons. The van der Waals surface area contributed by atoms with Gasteiger partial charge in [-0.15, -0.1) is 0 Å². The second kappa shape index (κ2) is 9.96. The second-order valence-corrected chi connectivity index (χ2v) is 3.20. The fourth-order valence-electron chi connectivity index (χ4n) is 1.03. The molecule has 0 saturated carbocycles. The Morgan fingerprint density at radius 3 is 2.06 bits per heavy atom. The highest BCUT2D eigenvalue weighted by atomic mass is 16.5. The van der Waals surface area contributed by atoms with E-state index < -0.39 is 0 Å². The van der Waals surface area contributed by atoms with Crippen molar-refractivity contribution < 1.29 is 14.3 Å². The van der Waals surface area contributed by atoms with Crippen LogP contribution in [-0.4, -0.2) is 25.1 Å². The molecule has 0 unspecified atom stereocenters. The molecule has 16 heavy (non-hydrogen) atoms. The largest absolute Gasteiger partial charge is 0.478 e. The van der Waals surface area contributed by atoms with Crippen LogP contribution in [0.5, 0.6) is 0 Å². The normalized spacial score (nSPS) is 9.25. The van der Waals surface area contributed by atoms with Gasteiger partial charge in [0.25, 0.3) is 0 Å². The van der Waals surface area contributed by atoms with Crippen LogP contribution >= 0.6 is 0 Å². The minimum atomic E-state index is -0.372. The number of carbonyl (C=O) groups is 1. The summed E-state index contributed by atoms with van der Waals surface area (Å²) in [7, 11) is 0. The zero-order chi connectivity index (χ0) is 12.2. The number of rotatable bonds is 9. The van der Waals surface area contributed by atoms with E-state index in [1.54, 1.807) is 0 Å². The van der Waals surface area contributed by atoms with Gasteiger partial charge < -0.3 is 9.47 Å². The summed E-state index contributed by atoms with van der Waals surface area (Å²) in [6.07, 6.45) is 6.25. The van der Waals surface area contributed by atoms with E-state index >= 15 is 0 Å². The third-order valence-electron chi connectivity index (χ3n) is 1.89. The van der Waals surface area contributed by atoms with Crippen LogP contribution in [0.4, 0.5) is 0 Å². The van der Waals surface area contributed by atoms with E-state index in [0.29, 0.717) is 13.2 Å². The molecule has 0 spiro atoms. The Morgan fingerprint density at radius 2 is 1.56 bits per heavy atom. The lowest BCUT2D eigenvalue weighted by atomic mass is 10.2. The number of esters is 1. The monoisotopic (exact) mass is 225 g/mol. The number of unbranched alkanes of at least 4 members (excludes halogenated alkanes) is 3. The van der Waals surface area contributed by atoms with Gasteiger partial charge in [-0.1, -0.05) is 13.2 Å². The summed E-state index contributed by atoms with van der Waals surface area (Å²) in [5.41, 5.74) is 0. The van der Waals surface area contributed by atoms with Gasteiger partial charge in [0.05, 0.1) is 13.2 Å². The zero-order valence-electron chi connectivity index (χ0n) is 9.54. The third kappa shape index (κ3) is 8.99. The molecule has 0 atom stereocenters. The van der Waals surface area contributed by atoms with Gasteiger partial charge in [-0.05, 0) is 31.8 Å². The molecule has 0 heterocycles. The van der Waals surface area contributed by atoms with Crippen molar-refractivity contribution in [2.75, 3.05) is 13.2 Å². The van der Waals surface area contributed by atoms with Gasteiger partial charge in [-0.2, -0.15) is 0 Å². The first kappa shape index (κ1) is 14.4. The predicted octanol–water partition coefficient (Wildman–Crippen LogP) is 2.46. The molecule has 0 radical (unpaired) electrons. The molecule has 0 saturated heterocycles. The molecule has 0 aliphatic rings. The predicted molar refractivity (Wildman–Crippen MR) is 63.5 cm³/mol. The van der Waals surface area contributed by atoms with E-state index in [9.17, 15) is 4.79 Å². The molecular formula is C12H19NO3. The van der Waals surface area contributed by atoms with Gasteiger partial charge in [0.1, 0.15) is 0 Å². The molecule has 0 aliphatic carbocycles. The average molecular weight is 225 g/mol. The highest BCUT2D eigenvalue weighted by Gasteiger charge is 1.96. The summed E-state index contributed by atoms with van der Waals surface area (Å²) in [4.78, 5) is 10.7. The van der Waals surface area contributed by atoms with Gasteiger partial charge in [0, 0.05) is 6.08 Å². The smallest absolute Gasteiger partial charge is 0.330 e. The molecule has 0 aromatic rings. The summed E-state index contributed by atoms with van der Waals surface area (Å²) >= 11 is 0. The molecule has 1 N–H and O–H groups in total. The SMILES string of the molecule is C=CC(=N)OCCCCCCOC(=O)C=C. The lowest BCUT2D eigenvalue weighted by molar-refractivity contribution is -0.137. The van der Waals surface area contributed by atoms with Gasteiger partial charge >= 0.3 is 5.97 Å². The maximum Gasteiger partial charge on any atom is 0.330 e. The standard InChI is InChI=1S/C12H19NO3/c1-3-11(13)15-9-7-5-6-8-10-16-12(14)4-2/h3-4,13H,1-2,5-10H2. The number of hydrogen-bond donors (Lipinski definition) is 1. The second-order valence-electron chi connectivity index (χ2n) is 3.20. The van der Waals surface area contributed by atoms with E-state index in [4.69, 9.17) is 14.9 Å². The highest BCUT2D eigenvalue weighted by Crippen LogP contribution is 2.01. The summed E-state index contributed by atoms with van der Waals surface area (Å²) in [6.45, 7) is 7.70. The number of carbonyl (C=O) groups excluding carboxylic acids is 1. The minimum Gasteiger partial charge on any atom is -0.478 e. The van der Waals surface area contributed by atoms with Crippen LogP contribution < -0.4 is 0 Å². The van der Waals surface area contributed by atoms with Gasteiger partial charge in [-0.25, -0.2) is 4.79 Å². The number of hydrogen-bond acceptors (Lipinski definition) is 4. The van der Waals surface area contributed by atoms with Crippen molar-refractivity contribution in [1.29, 1.82) is 5.41 Å². The fraction of sp³-hybridized carbons (Fsp3) is 0.500. The van der Waals surface area contributed by atoms with Gasteiger partial charge in [0.15, 0.2) is 0 Å². The maximum atomic E-state index is 10.7. The Balaban J connectivity index is 3.15. The molecule has 0 rings (SSSR count). The molecule has 0 fully saturated rings. The van der Waals surface area contributed by atoms with E-state index in [1.807, 2.05) is 0 Å². The van der Waals surface area contributed by atoms with Crippen molar-refractivity contribution >= 4 is 11.9 Å². The maximum absolute atomic E-state index is 10.7. The first-order valence-corrected chi connectivity index (χ1v) is 5.33. The average Bonchev–Trinajstić information content (AvgIpc) is 2.31. The van der Waals surface area contributed by atoms with Crippen molar-refractivity contribution in [3.8, 4) is 0 Å². The van der Waals surface area contributed by atoms with Crippen LogP contribution in [0.3, 0.4) is 0 Å². The first-order valence-electron chi connectivity index (χ1n) is 5.33. The molecule has 4 nitrogen and oxygen atoms in total. The first-order chi connectivity index (χ1) is 7.70. The van der Waals surface area contributed by atoms with Crippen LogP contribution in [0, 0.1) is 5.41 Å². The third-order valence-corrected chi connectivity index (χ3v) is 1.89. The summed E-state index contributed by atoms with van der Waals surface area (Å²) in [5, 5.41) is 7.14. The Bertz CT molecular complexity index is 223. The van der Waals surface area contributed by atoms with Crippen LogP contribution in [-0.2, 0) is 14.3 Å². The molecule has 0 aromatic carbocycles. The fourth-order valence-corrected chi connectivity index (χ4v) is 1.03. The van der Waals surface area contributed by atoms with Gasteiger partial charge in [0.2, 0.25) is 5.90 Å². The highest BCUT2D eigenvalue weighted by molar-refractivity contribution is 5.83. The van der Waals surface area contributed by atoms with Crippen LogP contribution in [0.15, 0.2) is 25.3 Å². The Morgan fingerprint density at radius 1 is 1.00 bits per heavy atom. The molecule has 0 bridgehead atoms. The molecular weight excluding hydrogens is 206 g/mol. The van der Waals surface area contributed by atoms with Crippen molar-refractivity contribution in [1.82, 2.24) is 0 Å². The lowest BCUT2D eigenvalue weighted by Gasteiger charge is -2.04. The van der Waals surface area contributed by atoms with Crippen molar-refractivity contribution in [2.45, 2.75) is 25.7 Å². The van der Waals surface area contributed by atoms with Crippen LogP contribution in [0.1, 0.15) is 25.7 Å². The van der Waals surface area contributed by atoms with Gasteiger partial charge in [-0.3, -0.25) is 5.41 Å². The Hall–Kier alpha value is -1.58. The number of nitrogens with one attached hydrogen (secondary N) is 1. The van der Waals surface area contributed by atoms with E-state index in [2.05, 4.69) is 13.2 Å². The molecule has 4 heteroatoms. The summed E-state index contributed by atoms with van der Waals surface area (Å²) < 4.78 is 9.84. The molecule has 0 aromatic heterocycles. The van der Waals surface area contributed by atoms with Crippen molar-refractivity contribution in [2.24, 2.45) is 0 Å². The van der Waals surface area contributed by atoms with E-state index in [1.165, 1.54) is 6.08 Å². The Labute approximate surface area is 96.4 Å². The summed E-state index contributed by atoms with van der Waals surface area (Å²) in [5.74, 6) is -0.261. The molecule has 0 aliphatic heterocycles.